The minimum atomic E-state index is 0.309. The quantitative estimate of drug-likeness (QED) is 0.157. The van der Waals surface area contributed by atoms with Gasteiger partial charge in [-0.25, -0.2) is 0 Å². The van der Waals surface area contributed by atoms with Gasteiger partial charge in [0.15, 0.2) is 0 Å². The molecule has 0 aliphatic carbocycles. The maximum Gasteiger partial charge on any atom is 0.0431 e. The number of hydrogen-bond donors (Lipinski definition) is 2. The summed E-state index contributed by atoms with van der Waals surface area (Å²) >= 11 is 0. The summed E-state index contributed by atoms with van der Waals surface area (Å²) in [7, 11) is 0. The molecule has 0 unspecified atom stereocenters. The van der Waals surface area contributed by atoms with E-state index in [9.17, 15) is 0 Å². The Hall–Kier alpha value is -0.120. The number of aliphatic hydroxyl groups excluding tert-OH is 2. The molecule has 29 heavy (non-hydrogen) atoms. The monoisotopic (exact) mass is 413 g/mol. The molecule has 0 bridgehead atoms. The molecule has 0 saturated carbocycles. The molecular weight excluding hydrogens is 358 g/mol. The van der Waals surface area contributed by atoms with Crippen molar-refractivity contribution in [3.63, 3.8) is 0 Å². The molecule has 0 aliphatic heterocycles. The molecule has 0 heterocycles. The van der Waals surface area contributed by atoms with Crippen LogP contribution >= 0.6 is 0 Å². The van der Waals surface area contributed by atoms with Crippen molar-refractivity contribution in [2.75, 3.05) is 32.8 Å². The van der Waals surface area contributed by atoms with Crippen LogP contribution in [0.5, 0.6) is 0 Å². The zero-order valence-corrected chi connectivity index (χ0v) is 20.0. The van der Waals surface area contributed by atoms with Crippen LogP contribution < -0.4 is 0 Å². The fraction of sp³-hybridized carbons (Fsp3) is 1.00. The van der Waals surface area contributed by atoms with Crippen LogP contribution in [0.15, 0.2) is 0 Å². The number of aliphatic hydroxyl groups is 2. The van der Waals surface area contributed by atoms with Gasteiger partial charge >= 0.3 is 0 Å². The van der Waals surface area contributed by atoms with Gasteiger partial charge in [-0.15, -0.1) is 0 Å². The van der Waals surface area contributed by atoms with Gasteiger partial charge in [-0.1, -0.05) is 103 Å². The van der Waals surface area contributed by atoms with Crippen molar-refractivity contribution in [3.05, 3.63) is 0 Å². The lowest BCUT2D eigenvalue weighted by molar-refractivity contribution is 0.223. The van der Waals surface area contributed by atoms with Crippen LogP contribution in [0.3, 0.4) is 0 Å². The van der Waals surface area contributed by atoms with E-state index in [1.54, 1.807) is 0 Å². The van der Waals surface area contributed by atoms with E-state index in [-0.39, 0.29) is 0 Å². The Morgan fingerprint density at radius 3 is 0.966 bits per heavy atom. The van der Waals surface area contributed by atoms with Gasteiger partial charge < -0.3 is 15.1 Å². The van der Waals surface area contributed by atoms with E-state index < -0.39 is 0 Å². The average Bonchev–Trinajstić information content (AvgIpc) is 2.73. The highest BCUT2D eigenvalue weighted by Gasteiger charge is 2.04. The van der Waals surface area contributed by atoms with Crippen molar-refractivity contribution in [2.24, 2.45) is 0 Å². The molecule has 0 aliphatic rings. The third-order valence-electron chi connectivity index (χ3n) is 6.09. The van der Waals surface area contributed by atoms with Gasteiger partial charge in [0.1, 0.15) is 0 Å². The molecule has 0 radical (unpaired) electrons. The molecule has 0 aromatic carbocycles. The Morgan fingerprint density at radius 1 is 0.379 bits per heavy atom. The molecule has 0 atom stereocenters. The molecule has 0 rings (SSSR count). The Bertz CT molecular complexity index is 276. The molecule has 176 valence electrons. The largest absolute Gasteiger partial charge is 0.396 e. The molecule has 3 nitrogen and oxygen atoms in total. The minimum absolute atomic E-state index is 0.309. The first-order chi connectivity index (χ1) is 14.3. The first-order valence-electron chi connectivity index (χ1n) is 13.3. The summed E-state index contributed by atoms with van der Waals surface area (Å²) in [4.78, 5) is 2.54. The Balaban J connectivity index is 3.35. The predicted octanol–water partition coefficient (Wildman–Crippen LogP) is 7.09. The van der Waals surface area contributed by atoms with E-state index in [4.69, 9.17) is 10.2 Å². The molecule has 0 aromatic heterocycles. The molecule has 0 spiro atoms. The van der Waals surface area contributed by atoms with E-state index in [0.29, 0.717) is 13.2 Å². The molecule has 0 saturated heterocycles. The lowest BCUT2D eigenvalue weighted by atomic mass is 10.0. The van der Waals surface area contributed by atoms with Gasteiger partial charge in [-0.05, 0) is 51.7 Å². The average molecular weight is 414 g/mol. The smallest absolute Gasteiger partial charge is 0.0431 e. The van der Waals surface area contributed by atoms with Gasteiger partial charge in [-0.3, -0.25) is 0 Å². The van der Waals surface area contributed by atoms with Crippen molar-refractivity contribution in [3.8, 4) is 0 Å². The highest BCUT2D eigenvalue weighted by molar-refractivity contribution is 4.59. The number of rotatable bonds is 25. The molecule has 2 N–H and O–H groups in total. The van der Waals surface area contributed by atoms with Crippen molar-refractivity contribution < 1.29 is 10.2 Å². The molecule has 0 fully saturated rings. The van der Waals surface area contributed by atoms with E-state index in [1.165, 1.54) is 109 Å². The molecule has 0 amide bonds. The fourth-order valence-electron chi connectivity index (χ4n) is 4.11. The summed E-state index contributed by atoms with van der Waals surface area (Å²) in [5, 5.41) is 17.9. The summed E-state index contributed by atoms with van der Waals surface area (Å²) < 4.78 is 0. The van der Waals surface area contributed by atoms with Gasteiger partial charge in [0.25, 0.3) is 0 Å². The second kappa shape index (κ2) is 25.9. The third kappa shape index (κ3) is 24.0. The predicted molar refractivity (Wildman–Crippen MR) is 129 cm³/mol. The lowest BCUT2D eigenvalue weighted by Crippen LogP contribution is -2.27. The van der Waals surface area contributed by atoms with E-state index in [0.717, 1.165) is 38.8 Å². The summed E-state index contributed by atoms with van der Waals surface area (Å²) in [5.74, 6) is 0. The standard InChI is InChI=1S/C26H55NO2/c1-2-3-4-5-6-7-8-9-10-11-12-13-14-15-16-17-22-27(23-18-20-25-28)24-19-21-26-29/h28-29H,2-26H2,1H3. The topological polar surface area (TPSA) is 43.7 Å². The van der Waals surface area contributed by atoms with Gasteiger partial charge in [0.2, 0.25) is 0 Å². The van der Waals surface area contributed by atoms with Crippen LogP contribution in [0.2, 0.25) is 0 Å². The fourth-order valence-corrected chi connectivity index (χ4v) is 4.11. The highest BCUT2D eigenvalue weighted by Crippen LogP contribution is 2.14. The van der Waals surface area contributed by atoms with Crippen LogP contribution in [0.1, 0.15) is 135 Å². The number of unbranched alkanes of at least 4 members (excludes halogenated alkanes) is 17. The van der Waals surface area contributed by atoms with E-state index in [1.807, 2.05) is 0 Å². The van der Waals surface area contributed by atoms with Gasteiger partial charge in [0, 0.05) is 13.2 Å². The van der Waals surface area contributed by atoms with Crippen LogP contribution in [-0.2, 0) is 0 Å². The zero-order valence-electron chi connectivity index (χ0n) is 20.0. The highest BCUT2D eigenvalue weighted by atomic mass is 16.3. The Kier molecular flexibility index (Phi) is 25.8. The van der Waals surface area contributed by atoms with E-state index >= 15 is 0 Å². The summed E-state index contributed by atoms with van der Waals surface area (Å²) in [6.45, 7) is 6.30. The summed E-state index contributed by atoms with van der Waals surface area (Å²) in [5.41, 5.74) is 0. The van der Waals surface area contributed by atoms with Crippen LogP contribution in [0.4, 0.5) is 0 Å². The van der Waals surface area contributed by atoms with Crippen molar-refractivity contribution in [1.82, 2.24) is 4.90 Å². The molecule has 3 heteroatoms. The van der Waals surface area contributed by atoms with Crippen LogP contribution in [0.25, 0.3) is 0 Å². The van der Waals surface area contributed by atoms with Crippen molar-refractivity contribution >= 4 is 0 Å². The maximum absolute atomic E-state index is 8.97. The second-order valence-corrected chi connectivity index (χ2v) is 9.01. The van der Waals surface area contributed by atoms with Gasteiger partial charge in [-0.2, -0.15) is 0 Å². The van der Waals surface area contributed by atoms with Crippen LogP contribution in [-0.4, -0.2) is 48.0 Å². The second-order valence-electron chi connectivity index (χ2n) is 9.01. The summed E-state index contributed by atoms with van der Waals surface area (Å²) in [6, 6.07) is 0. The lowest BCUT2D eigenvalue weighted by Gasteiger charge is -2.22. The molecule has 0 aromatic rings. The minimum Gasteiger partial charge on any atom is -0.396 e. The van der Waals surface area contributed by atoms with E-state index in [2.05, 4.69) is 11.8 Å². The van der Waals surface area contributed by atoms with Crippen molar-refractivity contribution in [1.29, 1.82) is 0 Å². The zero-order chi connectivity index (χ0) is 21.3. The first kappa shape index (κ1) is 28.9. The SMILES string of the molecule is CCCCCCCCCCCCCCCCCCN(CCCCO)CCCCO. The number of nitrogens with zero attached hydrogens (tertiary/aromatic N) is 1. The third-order valence-corrected chi connectivity index (χ3v) is 6.09. The Morgan fingerprint density at radius 2 is 0.655 bits per heavy atom. The normalized spacial score (nSPS) is 11.6. The first-order valence-corrected chi connectivity index (χ1v) is 13.3. The van der Waals surface area contributed by atoms with Crippen molar-refractivity contribution in [2.45, 2.75) is 135 Å². The van der Waals surface area contributed by atoms with Crippen LogP contribution in [0, 0.1) is 0 Å². The Labute approximate surface area is 183 Å². The summed E-state index contributed by atoms with van der Waals surface area (Å²) in [6.07, 6.45) is 26.7. The molecular formula is C26H55NO2. The number of hydrogen-bond acceptors (Lipinski definition) is 3. The maximum atomic E-state index is 8.97. The van der Waals surface area contributed by atoms with Gasteiger partial charge in [0.05, 0.1) is 0 Å².